The first kappa shape index (κ1) is 18.0. The van der Waals surface area contributed by atoms with Crippen LogP contribution in [0.3, 0.4) is 0 Å². The molecule has 2 aromatic carbocycles. The van der Waals surface area contributed by atoms with Crippen LogP contribution in [-0.4, -0.2) is 19.1 Å². The van der Waals surface area contributed by atoms with Crippen LogP contribution in [0.2, 0.25) is 10.2 Å². The molecule has 0 radical (unpaired) electrons. The summed E-state index contributed by atoms with van der Waals surface area (Å²) in [5, 5.41) is 1.04. The van der Waals surface area contributed by atoms with E-state index in [1.54, 1.807) is 12.3 Å². The molecule has 0 spiro atoms. The lowest BCUT2D eigenvalue weighted by molar-refractivity contribution is 0.623. The Morgan fingerprint density at radius 3 is 2.70 bits per heavy atom. The highest BCUT2D eigenvalue weighted by Gasteiger charge is 2.15. The average molecular weight is 403 g/mol. The van der Waals surface area contributed by atoms with Crippen molar-refractivity contribution in [1.29, 1.82) is 0 Å². The summed E-state index contributed by atoms with van der Waals surface area (Å²) in [6.07, 6.45) is 2.71. The maximum Gasteiger partial charge on any atom is 0.147 e. The maximum absolute atomic E-state index is 13.7. The summed E-state index contributed by atoms with van der Waals surface area (Å²) in [6.45, 7) is 3.41. The van der Waals surface area contributed by atoms with Gasteiger partial charge in [-0.3, -0.25) is 0 Å². The lowest BCUT2D eigenvalue weighted by atomic mass is 10.2. The van der Waals surface area contributed by atoms with Crippen molar-refractivity contribution in [2.24, 2.45) is 0 Å². The Kier molecular flexibility index (Phi) is 4.89. The molecular formula is C20H17Cl2FN4. The maximum atomic E-state index is 13.7. The van der Waals surface area contributed by atoms with Gasteiger partial charge in [0.25, 0.3) is 0 Å². The fraction of sp³-hybridized carbons (Fsp3) is 0.200. The molecule has 0 fully saturated rings. The molecule has 0 saturated carbocycles. The van der Waals surface area contributed by atoms with Crippen molar-refractivity contribution in [3.8, 4) is 11.4 Å². The minimum Gasteiger partial charge on any atom is -0.326 e. The number of hydrogen-bond acceptors (Lipinski definition) is 2. The quantitative estimate of drug-likeness (QED) is 0.422. The summed E-state index contributed by atoms with van der Waals surface area (Å²) < 4.78 is 17.7. The topological polar surface area (TPSA) is 35.6 Å². The molecule has 2 aromatic heterocycles. The summed E-state index contributed by atoms with van der Waals surface area (Å²) in [5.74, 6) is 1.17. The molecule has 0 amide bonds. The van der Waals surface area contributed by atoms with Gasteiger partial charge in [0.2, 0.25) is 0 Å². The van der Waals surface area contributed by atoms with E-state index in [2.05, 4.69) is 16.5 Å². The van der Waals surface area contributed by atoms with E-state index in [1.165, 1.54) is 12.1 Å². The summed E-state index contributed by atoms with van der Waals surface area (Å²) in [5.41, 5.74) is 2.56. The Hall–Kier alpha value is -2.37. The van der Waals surface area contributed by atoms with Gasteiger partial charge < -0.3 is 9.13 Å². The molecule has 7 heteroatoms. The number of aromatic nitrogens is 4. The molecule has 4 nitrogen and oxygen atoms in total. The zero-order valence-corrected chi connectivity index (χ0v) is 16.2. The SMILES string of the molecule is CCCn1c(Cn2cc(Cl)nc2-c2cccc(F)c2)nc2ccc(Cl)cc21. The highest BCUT2D eigenvalue weighted by molar-refractivity contribution is 6.31. The molecule has 0 aliphatic heterocycles. The van der Waals surface area contributed by atoms with Crippen LogP contribution in [0.15, 0.2) is 48.7 Å². The Balaban J connectivity index is 1.80. The number of aryl methyl sites for hydroxylation is 1. The van der Waals surface area contributed by atoms with Gasteiger partial charge in [-0.15, -0.1) is 0 Å². The minimum absolute atomic E-state index is 0.314. The normalized spacial score (nSPS) is 11.4. The van der Waals surface area contributed by atoms with Crippen LogP contribution < -0.4 is 0 Å². The fourth-order valence-electron chi connectivity index (χ4n) is 3.25. The van der Waals surface area contributed by atoms with E-state index in [1.807, 2.05) is 28.8 Å². The van der Waals surface area contributed by atoms with Crippen molar-refractivity contribution in [3.63, 3.8) is 0 Å². The Bertz CT molecular complexity index is 1120. The lowest BCUT2D eigenvalue weighted by Gasteiger charge is -2.11. The van der Waals surface area contributed by atoms with E-state index in [0.29, 0.717) is 28.1 Å². The van der Waals surface area contributed by atoms with Gasteiger partial charge in [0, 0.05) is 23.3 Å². The first-order valence-electron chi connectivity index (χ1n) is 8.68. The van der Waals surface area contributed by atoms with Crippen molar-refractivity contribution < 1.29 is 4.39 Å². The molecule has 138 valence electrons. The molecule has 0 N–H and O–H groups in total. The number of imidazole rings is 2. The van der Waals surface area contributed by atoms with Gasteiger partial charge in [0.1, 0.15) is 22.6 Å². The second-order valence-corrected chi connectivity index (χ2v) is 7.16. The number of fused-ring (bicyclic) bond motifs is 1. The summed E-state index contributed by atoms with van der Waals surface area (Å²) in [6, 6.07) is 12.0. The lowest BCUT2D eigenvalue weighted by Crippen LogP contribution is -2.09. The predicted octanol–water partition coefficient (Wildman–Crippen LogP) is 5.80. The van der Waals surface area contributed by atoms with Crippen LogP contribution in [0.25, 0.3) is 22.4 Å². The van der Waals surface area contributed by atoms with Crippen LogP contribution >= 0.6 is 23.2 Å². The van der Waals surface area contributed by atoms with Crippen LogP contribution in [0, 0.1) is 5.82 Å². The first-order valence-corrected chi connectivity index (χ1v) is 9.44. The Labute approximate surface area is 166 Å². The van der Waals surface area contributed by atoms with E-state index in [-0.39, 0.29) is 5.82 Å². The highest BCUT2D eigenvalue weighted by atomic mass is 35.5. The molecule has 0 atom stereocenters. The fourth-order valence-corrected chi connectivity index (χ4v) is 3.62. The summed E-state index contributed by atoms with van der Waals surface area (Å²) in [7, 11) is 0. The van der Waals surface area contributed by atoms with Gasteiger partial charge in [0.15, 0.2) is 0 Å². The van der Waals surface area contributed by atoms with Gasteiger partial charge in [0.05, 0.1) is 17.6 Å². The Morgan fingerprint density at radius 1 is 1.07 bits per heavy atom. The molecule has 0 bridgehead atoms. The number of benzene rings is 2. The molecule has 0 aliphatic carbocycles. The first-order chi connectivity index (χ1) is 13.0. The van der Waals surface area contributed by atoms with Gasteiger partial charge in [-0.2, -0.15) is 0 Å². The van der Waals surface area contributed by atoms with Crippen molar-refractivity contribution in [3.05, 3.63) is 70.5 Å². The number of rotatable bonds is 5. The molecule has 0 aliphatic rings. The van der Waals surface area contributed by atoms with E-state index in [9.17, 15) is 4.39 Å². The van der Waals surface area contributed by atoms with E-state index >= 15 is 0 Å². The number of hydrogen-bond donors (Lipinski definition) is 0. The van der Waals surface area contributed by atoms with Gasteiger partial charge in [-0.05, 0) is 36.8 Å². The minimum atomic E-state index is -0.314. The van der Waals surface area contributed by atoms with Crippen molar-refractivity contribution in [2.45, 2.75) is 26.4 Å². The molecule has 2 heterocycles. The van der Waals surface area contributed by atoms with Gasteiger partial charge in [-0.1, -0.05) is 42.3 Å². The molecule has 4 rings (SSSR count). The molecule has 27 heavy (non-hydrogen) atoms. The standard InChI is InChI=1S/C20H17Cl2FN4/c1-2-8-27-17-10-14(21)6-7-16(17)24-19(27)12-26-11-18(22)25-20(26)13-4-3-5-15(23)9-13/h3-7,9-11H,2,8,12H2,1H3. The zero-order valence-electron chi connectivity index (χ0n) is 14.7. The third-order valence-electron chi connectivity index (χ3n) is 4.38. The average Bonchev–Trinajstić information content (AvgIpc) is 3.16. The molecule has 0 unspecified atom stereocenters. The van der Waals surface area contributed by atoms with Crippen molar-refractivity contribution in [1.82, 2.24) is 19.1 Å². The van der Waals surface area contributed by atoms with Crippen molar-refractivity contribution in [2.75, 3.05) is 0 Å². The largest absolute Gasteiger partial charge is 0.326 e. The third kappa shape index (κ3) is 3.57. The predicted molar refractivity (Wildman–Crippen MR) is 107 cm³/mol. The van der Waals surface area contributed by atoms with E-state index in [4.69, 9.17) is 28.2 Å². The smallest absolute Gasteiger partial charge is 0.147 e. The highest BCUT2D eigenvalue weighted by Crippen LogP contribution is 2.25. The number of nitrogens with zero attached hydrogens (tertiary/aromatic N) is 4. The summed E-state index contributed by atoms with van der Waals surface area (Å²) in [4.78, 5) is 9.13. The van der Waals surface area contributed by atoms with Gasteiger partial charge in [-0.25, -0.2) is 14.4 Å². The Morgan fingerprint density at radius 2 is 1.93 bits per heavy atom. The summed E-state index contributed by atoms with van der Waals surface area (Å²) >= 11 is 12.3. The van der Waals surface area contributed by atoms with Crippen molar-refractivity contribution >= 4 is 34.2 Å². The van der Waals surface area contributed by atoms with Gasteiger partial charge >= 0.3 is 0 Å². The number of halogens is 3. The van der Waals surface area contributed by atoms with Crippen LogP contribution in [-0.2, 0) is 13.1 Å². The van der Waals surface area contributed by atoms with Crippen LogP contribution in [0.5, 0.6) is 0 Å². The van der Waals surface area contributed by atoms with E-state index in [0.717, 1.165) is 29.8 Å². The van der Waals surface area contributed by atoms with E-state index < -0.39 is 0 Å². The second-order valence-electron chi connectivity index (χ2n) is 6.34. The monoisotopic (exact) mass is 402 g/mol. The second kappa shape index (κ2) is 7.33. The van der Waals surface area contributed by atoms with Crippen LogP contribution in [0.4, 0.5) is 4.39 Å². The molecule has 0 saturated heterocycles. The molecule has 4 aromatic rings. The third-order valence-corrected chi connectivity index (χ3v) is 4.80. The molecular weight excluding hydrogens is 386 g/mol. The van der Waals surface area contributed by atoms with Crippen LogP contribution in [0.1, 0.15) is 19.2 Å². The zero-order chi connectivity index (χ0) is 19.0.